The van der Waals surface area contributed by atoms with Gasteiger partial charge in [0.05, 0.1) is 0 Å². The highest BCUT2D eigenvalue weighted by Gasteiger charge is 2.15. The molecular weight excluding hydrogens is 298 g/mol. The minimum atomic E-state index is -0.504. The van der Waals surface area contributed by atoms with Crippen LogP contribution in [0.3, 0.4) is 0 Å². The molecule has 3 nitrogen and oxygen atoms in total. The van der Waals surface area contributed by atoms with E-state index in [0.717, 1.165) is 22.9 Å². The second kappa shape index (κ2) is 8.00. The lowest BCUT2D eigenvalue weighted by atomic mass is 9.97. The number of rotatable bonds is 6. The van der Waals surface area contributed by atoms with Gasteiger partial charge in [0.25, 0.3) is 5.91 Å². The molecule has 0 aromatic heterocycles. The molecule has 0 radical (unpaired) electrons. The molecule has 0 aliphatic heterocycles. The Morgan fingerprint density at radius 2 is 2.00 bits per heavy atom. The minimum absolute atomic E-state index is 0.0562. The van der Waals surface area contributed by atoms with E-state index >= 15 is 0 Å². The van der Waals surface area contributed by atoms with Gasteiger partial charge in [-0.2, -0.15) is 0 Å². The molecule has 0 bridgehead atoms. The number of carbonyl (C=O) groups is 1. The number of hydrogen-bond acceptors (Lipinski definition) is 2. The fourth-order valence-electron chi connectivity index (χ4n) is 3.16. The normalized spacial score (nSPS) is 15.6. The Balaban J connectivity index is 1.54. The van der Waals surface area contributed by atoms with Crippen LogP contribution < -0.4 is 10.1 Å². The lowest BCUT2D eigenvalue weighted by molar-refractivity contribution is -0.127. The van der Waals surface area contributed by atoms with Crippen molar-refractivity contribution in [2.45, 2.75) is 45.1 Å². The second-order valence-corrected chi connectivity index (χ2v) is 6.39. The molecule has 126 valence electrons. The monoisotopic (exact) mass is 323 g/mol. The average Bonchev–Trinajstić information content (AvgIpc) is 2.63. The van der Waals surface area contributed by atoms with Crippen molar-refractivity contribution >= 4 is 16.7 Å². The number of allylic oxidation sites excluding steroid dienone is 1. The average molecular weight is 323 g/mol. The van der Waals surface area contributed by atoms with E-state index in [1.807, 2.05) is 42.5 Å². The van der Waals surface area contributed by atoms with Gasteiger partial charge >= 0.3 is 0 Å². The molecule has 0 fully saturated rings. The van der Waals surface area contributed by atoms with Gasteiger partial charge in [0.2, 0.25) is 0 Å². The number of hydrogen-bond donors (Lipinski definition) is 1. The zero-order valence-corrected chi connectivity index (χ0v) is 14.3. The molecule has 0 saturated carbocycles. The van der Waals surface area contributed by atoms with E-state index in [1.165, 1.54) is 31.3 Å². The van der Waals surface area contributed by atoms with Crippen molar-refractivity contribution in [3.05, 3.63) is 54.1 Å². The van der Waals surface area contributed by atoms with Crippen LogP contribution in [0.25, 0.3) is 10.8 Å². The Kier molecular flexibility index (Phi) is 5.52. The van der Waals surface area contributed by atoms with Crippen LogP contribution in [0, 0.1) is 0 Å². The molecule has 3 heteroatoms. The van der Waals surface area contributed by atoms with Crippen LogP contribution >= 0.6 is 0 Å². The lowest BCUT2D eigenvalue weighted by Crippen LogP contribution is -2.37. The quantitative estimate of drug-likeness (QED) is 0.788. The molecule has 2 aromatic carbocycles. The predicted octanol–water partition coefficient (Wildman–Crippen LogP) is 4.61. The van der Waals surface area contributed by atoms with Crippen LogP contribution in [0.2, 0.25) is 0 Å². The molecule has 3 rings (SSSR count). The van der Waals surface area contributed by atoms with E-state index < -0.39 is 6.10 Å². The molecule has 1 amide bonds. The van der Waals surface area contributed by atoms with Crippen molar-refractivity contribution < 1.29 is 9.53 Å². The van der Waals surface area contributed by atoms with E-state index in [4.69, 9.17) is 4.74 Å². The first kappa shape index (κ1) is 16.6. The summed E-state index contributed by atoms with van der Waals surface area (Å²) in [4.78, 5) is 12.3. The van der Waals surface area contributed by atoms with E-state index in [9.17, 15) is 4.79 Å². The predicted molar refractivity (Wildman–Crippen MR) is 98.2 cm³/mol. The summed E-state index contributed by atoms with van der Waals surface area (Å²) in [6, 6.07) is 14.0. The van der Waals surface area contributed by atoms with Crippen molar-refractivity contribution in [2.24, 2.45) is 0 Å². The highest BCUT2D eigenvalue weighted by molar-refractivity contribution is 5.89. The third-order valence-corrected chi connectivity index (χ3v) is 4.55. The largest absolute Gasteiger partial charge is 0.480 e. The summed E-state index contributed by atoms with van der Waals surface area (Å²) in [6.45, 7) is 2.49. The molecule has 1 atom stereocenters. The fourth-order valence-corrected chi connectivity index (χ4v) is 3.16. The molecule has 0 unspecified atom stereocenters. The first-order valence-electron chi connectivity index (χ1n) is 8.84. The molecule has 0 saturated heterocycles. The van der Waals surface area contributed by atoms with Crippen LogP contribution in [-0.4, -0.2) is 18.6 Å². The first-order chi connectivity index (χ1) is 11.7. The molecule has 0 spiro atoms. The zero-order valence-electron chi connectivity index (χ0n) is 14.3. The van der Waals surface area contributed by atoms with Crippen LogP contribution in [0.15, 0.2) is 54.1 Å². The number of nitrogens with one attached hydrogen (secondary N) is 1. The maximum Gasteiger partial charge on any atom is 0.260 e. The van der Waals surface area contributed by atoms with Gasteiger partial charge in [-0.05, 0) is 50.5 Å². The van der Waals surface area contributed by atoms with Crippen LogP contribution in [0.5, 0.6) is 5.75 Å². The Morgan fingerprint density at radius 3 is 2.83 bits per heavy atom. The zero-order chi connectivity index (χ0) is 16.8. The van der Waals surface area contributed by atoms with Gasteiger partial charge in [-0.25, -0.2) is 0 Å². The summed E-state index contributed by atoms with van der Waals surface area (Å²) in [7, 11) is 0. The molecule has 0 heterocycles. The summed E-state index contributed by atoms with van der Waals surface area (Å²) in [6.07, 6.45) is 7.71. The molecule has 1 N–H and O–H groups in total. The van der Waals surface area contributed by atoms with Gasteiger partial charge in [0.15, 0.2) is 6.10 Å². The standard InChI is InChI=1S/C21H25NO2/c1-16(21(23)22-15-14-17-8-3-2-4-9-17)24-20-13-7-11-18-10-5-6-12-19(18)20/h5-8,10-13,16H,2-4,9,14-15H2,1H3,(H,22,23)/t16-/m1/s1. The Hall–Kier alpha value is -2.29. The van der Waals surface area contributed by atoms with Gasteiger partial charge in [0.1, 0.15) is 5.75 Å². The smallest absolute Gasteiger partial charge is 0.260 e. The molecular formula is C21H25NO2. The van der Waals surface area contributed by atoms with E-state index in [2.05, 4.69) is 11.4 Å². The summed E-state index contributed by atoms with van der Waals surface area (Å²) in [5.74, 6) is 0.699. The third kappa shape index (κ3) is 4.16. The number of carbonyl (C=O) groups excluding carboxylic acids is 1. The number of ether oxygens (including phenoxy) is 1. The summed E-state index contributed by atoms with van der Waals surface area (Å²) in [5, 5.41) is 5.14. The van der Waals surface area contributed by atoms with E-state index in [0.29, 0.717) is 6.54 Å². The van der Waals surface area contributed by atoms with Gasteiger partial charge in [-0.15, -0.1) is 0 Å². The lowest BCUT2D eigenvalue weighted by Gasteiger charge is -2.17. The van der Waals surface area contributed by atoms with Crippen molar-refractivity contribution in [3.8, 4) is 5.75 Å². The first-order valence-corrected chi connectivity index (χ1v) is 8.84. The number of amides is 1. The van der Waals surface area contributed by atoms with Gasteiger partial charge < -0.3 is 10.1 Å². The number of benzene rings is 2. The van der Waals surface area contributed by atoms with E-state index in [-0.39, 0.29) is 5.91 Å². The molecule has 1 aliphatic rings. The van der Waals surface area contributed by atoms with Gasteiger partial charge in [-0.3, -0.25) is 4.79 Å². The van der Waals surface area contributed by atoms with Crippen molar-refractivity contribution in [1.82, 2.24) is 5.32 Å². The second-order valence-electron chi connectivity index (χ2n) is 6.39. The third-order valence-electron chi connectivity index (χ3n) is 4.55. The van der Waals surface area contributed by atoms with E-state index in [1.54, 1.807) is 6.92 Å². The maximum absolute atomic E-state index is 12.3. The number of fused-ring (bicyclic) bond motifs is 1. The van der Waals surface area contributed by atoms with Crippen molar-refractivity contribution in [1.29, 1.82) is 0 Å². The highest BCUT2D eigenvalue weighted by atomic mass is 16.5. The van der Waals surface area contributed by atoms with Crippen molar-refractivity contribution in [2.75, 3.05) is 6.54 Å². The highest BCUT2D eigenvalue weighted by Crippen LogP contribution is 2.26. The molecule has 2 aromatic rings. The van der Waals surface area contributed by atoms with Crippen LogP contribution in [0.1, 0.15) is 39.0 Å². The molecule has 1 aliphatic carbocycles. The van der Waals surface area contributed by atoms with Crippen LogP contribution in [-0.2, 0) is 4.79 Å². The SMILES string of the molecule is C[C@@H](Oc1cccc2ccccc12)C(=O)NCCC1=CCCCC1. The Labute approximate surface area is 143 Å². The van der Waals surface area contributed by atoms with Gasteiger partial charge in [0, 0.05) is 11.9 Å². The van der Waals surface area contributed by atoms with Crippen molar-refractivity contribution in [3.63, 3.8) is 0 Å². The Morgan fingerprint density at radius 1 is 1.17 bits per heavy atom. The van der Waals surface area contributed by atoms with Gasteiger partial charge in [-0.1, -0.05) is 48.0 Å². The summed E-state index contributed by atoms with van der Waals surface area (Å²) < 4.78 is 5.91. The summed E-state index contributed by atoms with van der Waals surface area (Å²) >= 11 is 0. The topological polar surface area (TPSA) is 38.3 Å². The summed E-state index contributed by atoms with van der Waals surface area (Å²) in [5.41, 5.74) is 1.48. The fraction of sp³-hybridized carbons (Fsp3) is 0.381. The minimum Gasteiger partial charge on any atom is -0.480 e. The van der Waals surface area contributed by atoms with Crippen LogP contribution in [0.4, 0.5) is 0 Å². The maximum atomic E-state index is 12.3. The molecule has 24 heavy (non-hydrogen) atoms. The Bertz CT molecular complexity index is 730.